The number of methoxy groups -OCH3 is 2. The average Bonchev–Trinajstić information content (AvgIpc) is 2.67. The second kappa shape index (κ2) is 7.69. The van der Waals surface area contributed by atoms with Gasteiger partial charge in [-0.1, -0.05) is 12.1 Å². The second-order valence-corrected chi connectivity index (χ2v) is 5.32. The van der Waals surface area contributed by atoms with Gasteiger partial charge in [-0.15, -0.1) is 0 Å². The van der Waals surface area contributed by atoms with Gasteiger partial charge in [0.15, 0.2) is 11.5 Å². The summed E-state index contributed by atoms with van der Waals surface area (Å²) in [5.74, 6) is 0.958. The first-order valence-corrected chi connectivity index (χ1v) is 8.09. The third-order valence-corrected chi connectivity index (χ3v) is 3.70. The number of esters is 1. The first kappa shape index (κ1) is 17.5. The lowest BCUT2D eigenvalue weighted by atomic mass is 10.2. The molecule has 0 aliphatic rings. The van der Waals surface area contributed by atoms with E-state index in [0.717, 1.165) is 0 Å². The Morgan fingerprint density at radius 1 is 1.04 bits per heavy atom. The standard InChI is InChI=1S/C19H19N3O4/c1-4-26-19(23)17-18(21-14-8-6-5-7-13(14)20-17)22-15-11-12(24-2)9-10-16(15)25-3/h5-11H,4H2,1-3H3,(H,21,22). The predicted molar refractivity (Wildman–Crippen MR) is 98.3 cm³/mol. The summed E-state index contributed by atoms with van der Waals surface area (Å²) in [6.45, 7) is 1.99. The third kappa shape index (κ3) is 3.51. The molecule has 1 aromatic heterocycles. The Bertz CT molecular complexity index is 943. The smallest absolute Gasteiger partial charge is 0.360 e. The van der Waals surface area contributed by atoms with Crippen LogP contribution in [0.25, 0.3) is 11.0 Å². The van der Waals surface area contributed by atoms with Gasteiger partial charge < -0.3 is 19.5 Å². The van der Waals surface area contributed by atoms with E-state index in [0.29, 0.717) is 28.2 Å². The highest BCUT2D eigenvalue weighted by Crippen LogP contribution is 2.32. The van der Waals surface area contributed by atoms with Gasteiger partial charge in [-0.2, -0.15) is 0 Å². The van der Waals surface area contributed by atoms with E-state index >= 15 is 0 Å². The van der Waals surface area contributed by atoms with Crippen molar-refractivity contribution in [2.24, 2.45) is 0 Å². The molecule has 0 atom stereocenters. The number of carbonyl (C=O) groups excluding carboxylic acids is 1. The number of hydrogen-bond donors (Lipinski definition) is 1. The van der Waals surface area contributed by atoms with E-state index in [2.05, 4.69) is 15.3 Å². The van der Waals surface area contributed by atoms with Gasteiger partial charge in [0.2, 0.25) is 0 Å². The van der Waals surface area contributed by atoms with Gasteiger partial charge in [-0.3, -0.25) is 0 Å². The molecule has 0 saturated heterocycles. The lowest BCUT2D eigenvalue weighted by Gasteiger charge is -2.14. The van der Waals surface area contributed by atoms with Crippen molar-refractivity contribution < 1.29 is 19.0 Å². The lowest BCUT2D eigenvalue weighted by molar-refractivity contribution is 0.0521. The van der Waals surface area contributed by atoms with Crippen molar-refractivity contribution in [3.05, 3.63) is 48.2 Å². The van der Waals surface area contributed by atoms with Crippen molar-refractivity contribution in [1.82, 2.24) is 9.97 Å². The number of nitrogens with zero attached hydrogens (tertiary/aromatic N) is 2. The molecule has 0 aliphatic carbocycles. The van der Waals surface area contributed by atoms with Crippen molar-refractivity contribution in [3.8, 4) is 11.5 Å². The number of anilines is 2. The average molecular weight is 353 g/mol. The number of fused-ring (bicyclic) bond motifs is 1. The van der Waals surface area contributed by atoms with Crippen molar-refractivity contribution in [2.75, 3.05) is 26.1 Å². The molecule has 0 unspecified atom stereocenters. The SMILES string of the molecule is CCOC(=O)c1nc2ccccc2nc1Nc1cc(OC)ccc1OC. The molecule has 1 heterocycles. The number of benzene rings is 2. The zero-order chi connectivity index (χ0) is 18.5. The maximum atomic E-state index is 12.4. The van der Waals surface area contributed by atoms with Gasteiger partial charge in [0.1, 0.15) is 11.5 Å². The molecule has 26 heavy (non-hydrogen) atoms. The summed E-state index contributed by atoms with van der Waals surface area (Å²) in [6.07, 6.45) is 0. The fourth-order valence-corrected chi connectivity index (χ4v) is 2.47. The Labute approximate surface area is 150 Å². The quantitative estimate of drug-likeness (QED) is 0.678. The monoisotopic (exact) mass is 353 g/mol. The van der Waals surface area contributed by atoms with Crippen LogP contribution in [0.15, 0.2) is 42.5 Å². The summed E-state index contributed by atoms with van der Waals surface area (Å²) < 4.78 is 15.7. The Morgan fingerprint density at radius 3 is 2.42 bits per heavy atom. The molecule has 0 aliphatic heterocycles. The van der Waals surface area contributed by atoms with Gasteiger partial charge in [0.25, 0.3) is 0 Å². The Morgan fingerprint density at radius 2 is 1.77 bits per heavy atom. The van der Waals surface area contributed by atoms with E-state index in [4.69, 9.17) is 14.2 Å². The first-order valence-electron chi connectivity index (χ1n) is 8.09. The largest absolute Gasteiger partial charge is 0.497 e. The van der Waals surface area contributed by atoms with Crippen LogP contribution in [0.5, 0.6) is 11.5 Å². The molecule has 0 bridgehead atoms. The Kier molecular flexibility index (Phi) is 5.17. The molecular formula is C19H19N3O4. The summed E-state index contributed by atoms with van der Waals surface area (Å²) in [7, 11) is 3.14. The van der Waals surface area contributed by atoms with Crippen LogP contribution >= 0.6 is 0 Å². The highest BCUT2D eigenvalue weighted by molar-refractivity contribution is 5.96. The molecule has 2 aromatic carbocycles. The maximum absolute atomic E-state index is 12.4. The van der Waals surface area contributed by atoms with Gasteiger partial charge in [0.05, 0.1) is 37.5 Å². The molecule has 3 rings (SSSR count). The van der Waals surface area contributed by atoms with Crippen molar-refractivity contribution in [1.29, 1.82) is 0 Å². The van der Waals surface area contributed by atoms with Crippen LogP contribution in [0, 0.1) is 0 Å². The molecule has 7 nitrogen and oxygen atoms in total. The number of nitrogens with one attached hydrogen (secondary N) is 1. The van der Waals surface area contributed by atoms with Crippen LogP contribution in [0.3, 0.4) is 0 Å². The number of rotatable bonds is 6. The van der Waals surface area contributed by atoms with Crippen LogP contribution in [0.1, 0.15) is 17.4 Å². The van der Waals surface area contributed by atoms with Gasteiger partial charge in [0, 0.05) is 6.07 Å². The topological polar surface area (TPSA) is 82.6 Å². The Hall–Kier alpha value is -3.35. The van der Waals surface area contributed by atoms with Gasteiger partial charge in [-0.05, 0) is 31.2 Å². The van der Waals surface area contributed by atoms with Gasteiger partial charge >= 0.3 is 5.97 Å². The normalized spacial score (nSPS) is 10.4. The molecule has 0 radical (unpaired) electrons. The van der Waals surface area contributed by atoms with Crippen LogP contribution in [0.2, 0.25) is 0 Å². The van der Waals surface area contributed by atoms with E-state index < -0.39 is 5.97 Å². The van der Waals surface area contributed by atoms with Gasteiger partial charge in [-0.25, -0.2) is 14.8 Å². The fourth-order valence-electron chi connectivity index (χ4n) is 2.47. The fraction of sp³-hybridized carbons (Fsp3) is 0.211. The summed E-state index contributed by atoms with van der Waals surface area (Å²) >= 11 is 0. The Balaban J connectivity index is 2.11. The lowest BCUT2D eigenvalue weighted by Crippen LogP contribution is -2.12. The second-order valence-electron chi connectivity index (χ2n) is 5.32. The zero-order valence-electron chi connectivity index (χ0n) is 14.8. The first-order chi connectivity index (χ1) is 12.7. The summed E-state index contributed by atoms with van der Waals surface area (Å²) in [5.41, 5.74) is 1.97. The number of para-hydroxylation sites is 2. The molecule has 0 saturated carbocycles. The number of hydrogen-bond acceptors (Lipinski definition) is 7. The summed E-state index contributed by atoms with van der Waals surface area (Å²) in [6, 6.07) is 12.6. The third-order valence-electron chi connectivity index (χ3n) is 3.70. The molecule has 3 aromatic rings. The highest BCUT2D eigenvalue weighted by atomic mass is 16.5. The number of aromatic nitrogens is 2. The van der Waals surface area contributed by atoms with Crippen LogP contribution in [-0.2, 0) is 4.74 Å². The number of ether oxygens (including phenoxy) is 3. The minimum atomic E-state index is -0.546. The molecular weight excluding hydrogens is 334 g/mol. The molecule has 0 fully saturated rings. The highest BCUT2D eigenvalue weighted by Gasteiger charge is 2.19. The van der Waals surface area contributed by atoms with E-state index in [9.17, 15) is 4.79 Å². The van der Waals surface area contributed by atoms with E-state index in [1.807, 2.05) is 18.2 Å². The maximum Gasteiger partial charge on any atom is 0.360 e. The minimum Gasteiger partial charge on any atom is -0.497 e. The summed E-state index contributed by atoms with van der Waals surface area (Å²) in [4.78, 5) is 21.3. The zero-order valence-corrected chi connectivity index (χ0v) is 14.8. The minimum absolute atomic E-state index is 0.107. The molecule has 0 amide bonds. The molecule has 0 spiro atoms. The summed E-state index contributed by atoms with van der Waals surface area (Å²) in [5, 5.41) is 3.12. The van der Waals surface area contributed by atoms with E-state index in [1.54, 1.807) is 45.4 Å². The van der Waals surface area contributed by atoms with Crippen LogP contribution in [-0.4, -0.2) is 36.8 Å². The molecule has 7 heteroatoms. The van der Waals surface area contributed by atoms with Crippen molar-refractivity contribution in [3.63, 3.8) is 0 Å². The molecule has 1 N–H and O–H groups in total. The van der Waals surface area contributed by atoms with Crippen LogP contribution in [0.4, 0.5) is 11.5 Å². The predicted octanol–water partition coefficient (Wildman–Crippen LogP) is 3.57. The van der Waals surface area contributed by atoms with Crippen molar-refractivity contribution >= 4 is 28.5 Å². The number of carbonyl (C=O) groups is 1. The van der Waals surface area contributed by atoms with E-state index in [1.165, 1.54) is 0 Å². The molecule has 134 valence electrons. The van der Waals surface area contributed by atoms with Crippen molar-refractivity contribution in [2.45, 2.75) is 6.92 Å². The van der Waals surface area contributed by atoms with Crippen LogP contribution < -0.4 is 14.8 Å². The van der Waals surface area contributed by atoms with E-state index in [-0.39, 0.29) is 18.1 Å².